The lowest BCUT2D eigenvalue weighted by Gasteiger charge is -2.40. The smallest absolute Gasteiger partial charge is 0.303 e. The van der Waals surface area contributed by atoms with E-state index in [1.54, 1.807) is 10.8 Å². The zero-order valence-electron chi connectivity index (χ0n) is 14.1. The molecular weight excluding hydrogens is 342 g/mol. The summed E-state index contributed by atoms with van der Waals surface area (Å²) in [6.45, 7) is -0.494. The van der Waals surface area contributed by atoms with Crippen LogP contribution in [-0.2, 0) is 16.0 Å². The molecule has 2 aromatic rings. The third-order valence-corrected chi connectivity index (χ3v) is 4.80. The summed E-state index contributed by atoms with van der Waals surface area (Å²) in [6.07, 6.45) is -3.39. The molecule has 1 fully saturated rings. The predicted octanol–water partition coefficient (Wildman–Crippen LogP) is 0.0210. The van der Waals surface area contributed by atoms with Gasteiger partial charge in [0.1, 0.15) is 24.4 Å². The fourth-order valence-corrected chi connectivity index (χ4v) is 3.43. The van der Waals surface area contributed by atoms with E-state index in [1.807, 2.05) is 24.3 Å². The normalized spacial score (nSPS) is 29.2. The van der Waals surface area contributed by atoms with Crippen molar-refractivity contribution in [2.45, 2.75) is 49.9 Å². The third-order valence-electron chi connectivity index (χ3n) is 4.80. The van der Waals surface area contributed by atoms with E-state index in [0.717, 1.165) is 16.5 Å². The van der Waals surface area contributed by atoms with Crippen LogP contribution in [-0.4, -0.2) is 67.1 Å². The van der Waals surface area contributed by atoms with Gasteiger partial charge in [-0.2, -0.15) is 0 Å². The van der Waals surface area contributed by atoms with Gasteiger partial charge in [-0.1, -0.05) is 18.2 Å². The van der Waals surface area contributed by atoms with Gasteiger partial charge in [0, 0.05) is 18.0 Å². The molecule has 0 amide bonds. The minimum absolute atomic E-state index is 0.0551. The van der Waals surface area contributed by atoms with Crippen LogP contribution in [0.3, 0.4) is 0 Å². The van der Waals surface area contributed by atoms with Crippen molar-refractivity contribution in [2.75, 3.05) is 6.61 Å². The number of aliphatic hydroxyl groups excluding tert-OH is 4. The topological polar surface area (TPSA) is 132 Å². The summed E-state index contributed by atoms with van der Waals surface area (Å²) in [5, 5.41) is 49.5. The first-order valence-electron chi connectivity index (χ1n) is 8.54. The molecule has 1 aliphatic heterocycles. The molecule has 5 atom stereocenters. The Balaban J connectivity index is 1.95. The van der Waals surface area contributed by atoms with Crippen molar-refractivity contribution in [1.29, 1.82) is 0 Å². The molecule has 3 rings (SSSR count). The van der Waals surface area contributed by atoms with Crippen molar-refractivity contribution < 1.29 is 35.1 Å². The number of fused-ring (bicyclic) bond motifs is 1. The van der Waals surface area contributed by atoms with Crippen LogP contribution < -0.4 is 0 Å². The van der Waals surface area contributed by atoms with Crippen molar-refractivity contribution in [3.63, 3.8) is 0 Å². The first-order chi connectivity index (χ1) is 12.4. The molecule has 0 spiro atoms. The number of benzene rings is 1. The molecule has 1 aliphatic rings. The average molecular weight is 365 g/mol. The van der Waals surface area contributed by atoms with Gasteiger partial charge in [0.15, 0.2) is 6.23 Å². The number of hydrogen-bond donors (Lipinski definition) is 5. The summed E-state index contributed by atoms with van der Waals surface area (Å²) in [5.41, 5.74) is 1.65. The van der Waals surface area contributed by atoms with Gasteiger partial charge < -0.3 is 34.8 Å². The van der Waals surface area contributed by atoms with Gasteiger partial charge in [-0.25, -0.2) is 0 Å². The van der Waals surface area contributed by atoms with Crippen LogP contribution >= 0.6 is 0 Å². The van der Waals surface area contributed by atoms with Gasteiger partial charge in [0.2, 0.25) is 0 Å². The summed E-state index contributed by atoms with van der Waals surface area (Å²) >= 11 is 0. The molecule has 1 saturated heterocycles. The van der Waals surface area contributed by atoms with Crippen LogP contribution in [0.25, 0.3) is 10.9 Å². The number of carbonyl (C=O) groups is 1. The van der Waals surface area contributed by atoms with Crippen molar-refractivity contribution in [2.24, 2.45) is 0 Å². The minimum atomic E-state index is -1.46. The molecule has 0 aliphatic carbocycles. The van der Waals surface area contributed by atoms with Crippen molar-refractivity contribution in [3.05, 3.63) is 36.0 Å². The van der Waals surface area contributed by atoms with Crippen molar-refractivity contribution >= 4 is 16.9 Å². The maximum absolute atomic E-state index is 10.8. The largest absolute Gasteiger partial charge is 0.481 e. The SMILES string of the molecule is O=C(O)CCCc1cn([C@@H]2O[C@H](CO)[C@@H](O)[C@H](O)[C@H]2O)c2ccccc12. The number of aliphatic carboxylic acids is 1. The first kappa shape index (κ1) is 18.8. The Bertz CT molecular complexity index is 772. The van der Waals surface area contributed by atoms with Gasteiger partial charge in [-0.15, -0.1) is 0 Å². The van der Waals surface area contributed by atoms with E-state index in [-0.39, 0.29) is 6.42 Å². The lowest BCUT2D eigenvalue weighted by Crippen LogP contribution is -2.56. The van der Waals surface area contributed by atoms with Gasteiger partial charge in [-0.3, -0.25) is 4.79 Å². The van der Waals surface area contributed by atoms with Crippen LogP contribution in [0.1, 0.15) is 24.6 Å². The average Bonchev–Trinajstić information content (AvgIpc) is 2.99. The van der Waals surface area contributed by atoms with Gasteiger partial charge in [0.05, 0.1) is 12.1 Å². The van der Waals surface area contributed by atoms with E-state index in [1.165, 1.54) is 0 Å². The number of nitrogens with zero attached hydrogens (tertiary/aromatic N) is 1. The zero-order chi connectivity index (χ0) is 18.8. The van der Waals surface area contributed by atoms with Crippen LogP contribution in [0.5, 0.6) is 0 Å². The maximum atomic E-state index is 10.8. The molecule has 0 unspecified atom stereocenters. The van der Waals surface area contributed by atoms with Gasteiger partial charge in [0.25, 0.3) is 0 Å². The third kappa shape index (κ3) is 3.46. The Hall–Kier alpha value is -1.97. The summed E-state index contributed by atoms with van der Waals surface area (Å²) in [5.74, 6) is -0.859. The lowest BCUT2D eigenvalue weighted by atomic mass is 9.98. The quantitative estimate of drug-likeness (QED) is 0.487. The highest BCUT2D eigenvalue weighted by molar-refractivity contribution is 5.84. The molecule has 0 bridgehead atoms. The molecule has 0 saturated carbocycles. The number of carboxylic acids is 1. The second-order valence-electron chi connectivity index (χ2n) is 6.55. The molecule has 8 nitrogen and oxygen atoms in total. The number of aromatic nitrogens is 1. The first-order valence-corrected chi connectivity index (χ1v) is 8.54. The summed E-state index contributed by atoms with van der Waals surface area (Å²) in [4.78, 5) is 10.8. The Labute approximate surface area is 149 Å². The second kappa shape index (κ2) is 7.73. The minimum Gasteiger partial charge on any atom is -0.481 e. The Morgan fingerprint density at radius 2 is 1.85 bits per heavy atom. The molecular formula is C18H23NO7. The number of para-hydroxylation sites is 1. The fourth-order valence-electron chi connectivity index (χ4n) is 3.43. The van der Waals surface area contributed by atoms with Crippen LogP contribution in [0.15, 0.2) is 30.5 Å². The van der Waals surface area contributed by atoms with E-state index in [0.29, 0.717) is 12.8 Å². The highest BCUT2D eigenvalue weighted by atomic mass is 16.6. The molecule has 1 aromatic heterocycles. The molecule has 142 valence electrons. The molecule has 5 N–H and O–H groups in total. The number of aliphatic hydroxyl groups is 4. The number of aryl methyl sites for hydroxylation is 1. The molecule has 0 radical (unpaired) electrons. The molecule has 2 heterocycles. The lowest BCUT2D eigenvalue weighted by molar-refractivity contribution is -0.250. The van der Waals surface area contributed by atoms with Gasteiger partial charge >= 0.3 is 5.97 Å². The number of rotatable bonds is 6. The number of ether oxygens (including phenoxy) is 1. The number of carboxylic acid groups (broad SMARTS) is 1. The standard InChI is InChI=1S/C18H23NO7/c20-9-13-15(23)16(24)17(25)18(26-13)19-8-10(4-3-7-14(21)22)11-5-1-2-6-12(11)19/h1-2,5-6,8,13,15-18,20,23-25H,3-4,7,9H2,(H,21,22)/t13-,15-,16+,17-,18-/m1/s1. The van der Waals surface area contributed by atoms with Gasteiger partial charge in [-0.05, 0) is 24.5 Å². The van der Waals surface area contributed by atoms with E-state index in [2.05, 4.69) is 0 Å². The zero-order valence-corrected chi connectivity index (χ0v) is 14.1. The van der Waals surface area contributed by atoms with E-state index in [4.69, 9.17) is 9.84 Å². The molecule has 1 aromatic carbocycles. The summed E-state index contributed by atoms with van der Waals surface area (Å²) in [6, 6.07) is 7.41. The van der Waals surface area contributed by atoms with Crippen molar-refractivity contribution in [1.82, 2.24) is 4.57 Å². The Morgan fingerprint density at radius 3 is 2.54 bits per heavy atom. The van der Waals surface area contributed by atoms with E-state index < -0.39 is 43.2 Å². The highest BCUT2D eigenvalue weighted by Crippen LogP contribution is 2.33. The fraction of sp³-hybridized carbons (Fsp3) is 0.500. The van der Waals surface area contributed by atoms with E-state index in [9.17, 15) is 25.2 Å². The molecule has 8 heteroatoms. The number of hydrogen-bond acceptors (Lipinski definition) is 6. The van der Waals surface area contributed by atoms with Crippen molar-refractivity contribution in [3.8, 4) is 0 Å². The maximum Gasteiger partial charge on any atom is 0.303 e. The highest BCUT2D eigenvalue weighted by Gasteiger charge is 2.44. The summed E-state index contributed by atoms with van der Waals surface area (Å²) in [7, 11) is 0. The molecule has 26 heavy (non-hydrogen) atoms. The summed E-state index contributed by atoms with van der Waals surface area (Å²) < 4.78 is 7.30. The van der Waals surface area contributed by atoms with Crippen LogP contribution in [0.2, 0.25) is 0 Å². The second-order valence-corrected chi connectivity index (χ2v) is 6.55. The van der Waals surface area contributed by atoms with E-state index >= 15 is 0 Å². The van der Waals surface area contributed by atoms with Crippen LogP contribution in [0.4, 0.5) is 0 Å². The monoisotopic (exact) mass is 365 g/mol. The van der Waals surface area contributed by atoms with Crippen LogP contribution in [0, 0.1) is 0 Å². The Morgan fingerprint density at radius 1 is 1.12 bits per heavy atom. The Kier molecular flexibility index (Phi) is 5.59. The predicted molar refractivity (Wildman–Crippen MR) is 91.5 cm³/mol.